The summed E-state index contributed by atoms with van der Waals surface area (Å²) in [7, 11) is 0. The predicted molar refractivity (Wildman–Crippen MR) is 83.1 cm³/mol. The van der Waals surface area contributed by atoms with E-state index < -0.39 is 0 Å². The fourth-order valence-electron chi connectivity index (χ4n) is 5.98. The van der Waals surface area contributed by atoms with Crippen LogP contribution in [-0.4, -0.2) is 30.2 Å². The van der Waals surface area contributed by atoms with Gasteiger partial charge in [0.2, 0.25) is 0 Å². The zero-order valence-electron chi connectivity index (χ0n) is 13.2. The highest BCUT2D eigenvalue weighted by molar-refractivity contribution is 5.38. The molecule has 1 saturated heterocycles. The van der Waals surface area contributed by atoms with E-state index in [2.05, 4.69) is 12.2 Å². The van der Waals surface area contributed by atoms with Crippen LogP contribution in [-0.2, 0) is 9.47 Å². The zero-order chi connectivity index (χ0) is 14.7. The molecule has 1 N–H and O–H groups in total. The van der Waals surface area contributed by atoms with E-state index in [1.807, 2.05) is 0 Å². The van der Waals surface area contributed by atoms with Gasteiger partial charge >= 0.3 is 0 Å². The molecule has 5 rings (SSSR count). The second-order valence-electron chi connectivity index (χ2n) is 7.92. The van der Waals surface area contributed by atoms with E-state index in [1.54, 1.807) is 11.1 Å². The van der Waals surface area contributed by atoms with E-state index in [9.17, 15) is 5.11 Å². The van der Waals surface area contributed by atoms with Crippen LogP contribution in [0.2, 0.25) is 0 Å². The second kappa shape index (κ2) is 4.93. The maximum absolute atomic E-state index is 10.2. The summed E-state index contributed by atoms with van der Waals surface area (Å²) < 4.78 is 11.9. The Bertz CT molecular complexity index is 529. The maximum Gasteiger partial charge on any atom is 0.169 e. The minimum absolute atomic E-state index is 0.0968. The van der Waals surface area contributed by atoms with Crippen LogP contribution in [0.15, 0.2) is 23.3 Å². The number of rotatable bonds is 0. The summed E-state index contributed by atoms with van der Waals surface area (Å²) in [5.74, 6) is 2.22. The lowest BCUT2D eigenvalue weighted by Crippen LogP contribution is -2.40. The van der Waals surface area contributed by atoms with Gasteiger partial charge in [-0.1, -0.05) is 17.7 Å². The Balaban J connectivity index is 1.46. The Hall–Kier alpha value is -0.640. The van der Waals surface area contributed by atoms with Crippen molar-refractivity contribution in [1.29, 1.82) is 0 Å². The number of aliphatic hydroxyl groups is 1. The number of ether oxygens (including phenoxy) is 2. The van der Waals surface area contributed by atoms with Crippen molar-refractivity contribution < 1.29 is 14.6 Å². The molecule has 0 aromatic heterocycles. The number of allylic oxidation sites excluding steroid dienone is 3. The van der Waals surface area contributed by atoms with Gasteiger partial charge in [-0.05, 0) is 55.4 Å². The molecule has 0 aromatic carbocycles. The highest BCUT2D eigenvalue weighted by atomic mass is 16.7. The average molecular weight is 302 g/mol. The third-order valence-corrected chi connectivity index (χ3v) is 6.98. The van der Waals surface area contributed by atoms with Gasteiger partial charge in [0, 0.05) is 18.8 Å². The summed E-state index contributed by atoms with van der Waals surface area (Å²) in [6, 6.07) is 0. The standard InChI is InChI=1S/C19H26O3/c20-18-6-5-16-15-2-1-12-11-19(21-9-10-22-19)8-7-13(12)14(15)3-4-17(16)18/h3-4,12,15-18,20H,1-2,5-11H2. The fraction of sp³-hybridized carbons (Fsp3) is 0.789. The summed E-state index contributed by atoms with van der Waals surface area (Å²) in [4.78, 5) is 0. The van der Waals surface area contributed by atoms with Crippen molar-refractivity contribution in [2.45, 2.75) is 56.8 Å². The van der Waals surface area contributed by atoms with Gasteiger partial charge in [0.25, 0.3) is 0 Å². The molecule has 3 fully saturated rings. The predicted octanol–water partition coefficient (Wildman–Crippen LogP) is 3.19. The summed E-state index contributed by atoms with van der Waals surface area (Å²) in [6.07, 6.45) is 12.6. The lowest BCUT2D eigenvalue weighted by molar-refractivity contribution is -0.181. The van der Waals surface area contributed by atoms with Crippen molar-refractivity contribution in [3.05, 3.63) is 23.3 Å². The Morgan fingerprint density at radius 2 is 1.95 bits per heavy atom. The molecule has 22 heavy (non-hydrogen) atoms. The van der Waals surface area contributed by atoms with Gasteiger partial charge < -0.3 is 14.6 Å². The Kier molecular flexibility index (Phi) is 3.08. The molecule has 4 aliphatic carbocycles. The summed E-state index contributed by atoms with van der Waals surface area (Å²) in [5.41, 5.74) is 3.32. The summed E-state index contributed by atoms with van der Waals surface area (Å²) in [5, 5.41) is 10.2. The highest BCUT2D eigenvalue weighted by Gasteiger charge is 2.48. The lowest BCUT2D eigenvalue weighted by atomic mass is 9.62. The van der Waals surface area contributed by atoms with Crippen LogP contribution in [0.1, 0.15) is 44.9 Å². The zero-order valence-corrected chi connectivity index (χ0v) is 13.2. The van der Waals surface area contributed by atoms with Gasteiger partial charge in [-0.25, -0.2) is 0 Å². The smallest absolute Gasteiger partial charge is 0.169 e. The number of aliphatic hydroxyl groups excluding tert-OH is 1. The average Bonchev–Trinajstić information content (AvgIpc) is 3.14. The number of hydrogen-bond acceptors (Lipinski definition) is 3. The molecule has 3 heteroatoms. The van der Waals surface area contributed by atoms with Crippen molar-refractivity contribution in [2.24, 2.45) is 23.7 Å². The van der Waals surface area contributed by atoms with Crippen LogP contribution in [0.25, 0.3) is 0 Å². The van der Waals surface area contributed by atoms with E-state index in [-0.39, 0.29) is 11.9 Å². The molecule has 0 aromatic rings. The van der Waals surface area contributed by atoms with Crippen LogP contribution < -0.4 is 0 Å². The van der Waals surface area contributed by atoms with Crippen molar-refractivity contribution in [3.63, 3.8) is 0 Å². The van der Waals surface area contributed by atoms with Crippen molar-refractivity contribution >= 4 is 0 Å². The molecule has 5 aliphatic rings. The van der Waals surface area contributed by atoms with Crippen LogP contribution >= 0.6 is 0 Å². The first-order valence-electron chi connectivity index (χ1n) is 9.13. The van der Waals surface area contributed by atoms with E-state index in [1.165, 1.54) is 19.3 Å². The first kappa shape index (κ1) is 13.8. The van der Waals surface area contributed by atoms with Gasteiger partial charge in [-0.2, -0.15) is 0 Å². The van der Waals surface area contributed by atoms with E-state index in [0.29, 0.717) is 23.7 Å². The molecule has 1 spiro atoms. The SMILES string of the molecule is OC1CCC2C3CCC4CC5(CCC4=C3C=CC12)OCCO5. The second-order valence-corrected chi connectivity index (χ2v) is 7.92. The van der Waals surface area contributed by atoms with Gasteiger partial charge in [-0.15, -0.1) is 0 Å². The molecule has 2 saturated carbocycles. The fourth-order valence-corrected chi connectivity index (χ4v) is 5.98. The molecule has 1 aliphatic heterocycles. The normalized spacial score (nSPS) is 45.8. The molecular formula is C19H26O3. The monoisotopic (exact) mass is 302 g/mol. The lowest BCUT2D eigenvalue weighted by Gasteiger charge is -2.45. The first-order chi connectivity index (χ1) is 10.8. The van der Waals surface area contributed by atoms with Crippen LogP contribution in [0.5, 0.6) is 0 Å². The summed E-state index contributed by atoms with van der Waals surface area (Å²) >= 11 is 0. The third-order valence-electron chi connectivity index (χ3n) is 6.98. The quantitative estimate of drug-likeness (QED) is 0.747. The van der Waals surface area contributed by atoms with Gasteiger partial charge in [0.05, 0.1) is 19.3 Å². The largest absolute Gasteiger partial charge is 0.393 e. The van der Waals surface area contributed by atoms with Crippen molar-refractivity contribution in [1.82, 2.24) is 0 Å². The molecule has 0 amide bonds. The molecule has 0 radical (unpaired) electrons. The van der Waals surface area contributed by atoms with Crippen molar-refractivity contribution in [3.8, 4) is 0 Å². The number of hydrogen-bond donors (Lipinski definition) is 1. The first-order valence-corrected chi connectivity index (χ1v) is 9.13. The minimum Gasteiger partial charge on any atom is -0.393 e. The minimum atomic E-state index is -0.258. The molecule has 120 valence electrons. The molecule has 5 atom stereocenters. The van der Waals surface area contributed by atoms with Gasteiger partial charge in [0.1, 0.15) is 0 Å². The Labute approximate surface area is 132 Å². The molecular weight excluding hydrogens is 276 g/mol. The van der Waals surface area contributed by atoms with Gasteiger partial charge in [0.15, 0.2) is 5.79 Å². The molecule has 5 unspecified atom stereocenters. The number of fused-ring (bicyclic) bond motifs is 4. The highest BCUT2D eigenvalue weighted by Crippen LogP contribution is 2.54. The van der Waals surface area contributed by atoms with Gasteiger partial charge in [-0.3, -0.25) is 0 Å². The molecule has 3 nitrogen and oxygen atoms in total. The van der Waals surface area contributed by atoms with Crippen LogP contribution in [0, 0.1) is 23.7 Å². The van der Waals surface area contributed by atoms with Crippen LogP contribution in [0.3, 0.4) is 0 Å². The van der Waals surface area contributed by atoms with E-state index in [0.717, 1.165) is 38.9 Å². The Morgan fingerprint density at radius 3 is 2.82 bits per heavy atom. The van der Waals surface area contributed by atoms with Crippen LogP contribution in [0.4, 0.5) is 0 Å². The summed E-state index contributed by atoms with van der Waals surface area (Å²) in [6.45, 7) is 1.53. The van der Waals surface area contributed by atoms with E-state index in [4.69, 9.17) is 9.47 Å². The Morgan fingerprint density at radius 1 is 1.09 bits per heavy atom. The maximum atomic E-state index is 10.2. The van der Waals surface area contributed by atoms with Crippen molar-refractivity contribution in [2.75, 3.05) is 13.2 Å². The third kappa shape index (κ3) is 1.92. The molecule has 0 bridgehead atoms. The van der Waals surface area contributed by atoms with E-state index >= 15 is 0 Å². The topological polar surface area (TPSA) is 38.7 Å². The molecule has 1 heterocycles.